The van der Waals surface area contributed by atoms with Gasteiger partial charge in [0.15, 0.2) is 0 Å². The van der Waals surface area contributed by atoms with Crippen molar-refractivity contribution < 1.29 is 14.3 Å². The number of rotatable bonds is 4. The average molecular weight is 418 g/mol. The molecule has 0 aliphatic carbocycles. The summed E-state index contributed by atoms with van der Waals surface area (Å²) in [5.74, 6) is 0.684. The van der Waals surface area contributed by atoms with Crippen LogP contribution in [0.3, 0.4) is 0 Å². The third-order valence-electron chi connectivity index (χ3n) is 6.32. The third-order valence-corrected chi connectivity index (χ3v) is 6.32. The Balaban J connectivity index is 1.23. The quantitative estimate of drug-likeness (QED) is 0.704. The number of nitrogens with zero attached hydrogens (tertiary/aromatic N) is 3. The summed E-state index contributed by atoms with van der Waals surface area (Å²) in [5, 5.41) is 9.67. The molecule has 0 radical (unpaired) electrons. The number of ether oxygens (including phenoxy) is 1. The lowest BCUT2D eigenvalue weighted by atomic mass is 10.0. The van der Waals surface area contributed by atoms with Crippen molar-refractivity contribution in [3.8, 4) is 0 Å². The molecule has 2 aromatic carbocycles. The monoisotopic (exact) mass is 418 g/mol. The Morgan fingerprint density at radius 1 is 1.00 bits per heavy atom. The zero-order chi connectivity index (χ0) is 21.2. The van der Waals surface area contributed by atoms with Gasteiger partial charge in [0.25, 0.3) is 5.91 Å². The molecular formula is C24H26N4O3. The van der Waals surface area contributed by atoms with Gasteiger partial charge in [-0.1, -0.05) is 30.3 Å². The zero-order valence-electron chi connectivity index (χ0n) is 17.4. The van der Waals surface area contributed by atoms with Gasteiger partial charge >= 0.3 is 0 Å². The Labute approximate surface area is 181 Å². The van der Waals surface area contributed by atoms with Crippen LogP contribution in [-0.4, -0.2) is 52.8 Å². The maximum absolute atomic E-state index is 13.0. The van der Waals surface area contributed by atoms with Crippen molar-refractivity contribution in [3.63, 3.8) is 0 Å². The number of carbonyl (C=O) groups is 2. The standard InChI is InChI=1S/C24H26N4O3/c29-23(20-10-14-31-16-20)26-22-7-11-25-28(22)21-8-12-27(13-9-21)24(30)19-6-5-17-3-1-2-4-18(17)15-19/h1-7,11,15,20-21H,8-10,12-14,16H2,(H,26,29)/t20-/m1/s1. The van der Waals surface area contributed by atoms with Gasteiger partial charge in [-0.3, -0.25) is 9.59 Å². The van der Waals surface area contributed by atoms with Gasteiger partial charge < -0.3 is 15.0 Å². The zero-order valence-corrected chi connectivity index (χ0v) is 17.4. The molecule has 5 rings (SSSR count). The molecule has 1 N–H and O–H groups in total. The smallest absolute Gasteiger partial charge is 0.253 e. The van der Waals surface area contributed by atoms with Gasteiger partial charge in [0.05, 0.1) is 24.8 Å². The fraction of sp³-hybridized carbons (Fsp3) is 0.375. The number of hydrogen-bond acceptors (Lipinski definition) is 4. The lowest BCUT2D eigenvalue weighted by molar-refractivity contribution is -0.119. The summed E-state index contributed by atoms with van der Waals surface area (Å²) in [4.78, 5) is 27.4. The lowest BCUT2D eigenvalue weighted by Crippen LogP contribution is -2.39. The van der Waals surface area contributed by atoms with Crippen molar-refractivity contribution >= 4 is 28.4 Å². The number of carbonyl (C=O) groups excluding carboxylic acids is 2. The van der Waals surface area contributed by atoms with E-state index in [1.807, 2.05) is 52.0 Å². The molecule has 1 atom stereocenters. The molecule has 2 aliphatic heterocycles. The van der Waals surface area contributed by atoms with E-state index in [0.717, 1.165) is 41.4 Å². The molecule has 2 fully saturated rings. The van der Waals surface area contributed by atoms with Crippen LogP contribution in [0.15, 0.2) is 54.7 Å². The van der Waals surface area contributed by atoms with Crippen molar-refractivity contribution in [2.45, 2.75) is 25.3 Å². The average Bonchev–Trinajstić information content (AvgIpc) is 3.51. The van der Waals surface area contributed by atoms with Crippen LogP contribution in [0, 0.1) is 5.92 Å². The molecule has 160 valence electrons. The van der Waals surface area contributed by atoms with Crippen LogP contribution in [0.25, 0.3) is 10.8 Å². The highest BCUT2D eigenvalue weighted by Gasteiger charge is 2.28. The topological polar surface area (TPSA) is 76.5 Å². The number of nitrogens with one attached hydrogen (secondary N) is 1. The maximum atomic E-state index is 13.0. The van der Waals surface area contributed by atoms with Gasteiger partial charge in [-0.05, 0) is 42.2 Å². The number of fused-ring (bicyclic) bond motifs is 1. The number of hydrogen-bond donors (Lipinski definition) is 1. The first-order valence-corrected chi connectivity index (χ1v) is 10.9. The minimum Gasteiger partial charge on any atom is -0.381 e. The molecule has 0 unspecified atom stereocenters. The molecule has 2 amide bonds. The molecule has 7 nitrogen and oxygen atoms in total. The first-order chi connectivity index (χ1) is 15.2. The van der Waals surface area contributed by atoms with Gasteiger partial charge in [-0.25, -0.2) is 4.68 Å². The van der Waals surface area contributed by atoms with Crippen molar-refractivity contribution in [2.24, 2.45) is 5.92 Å². The predicted molar refractivity (Wildman–Crippen MR) is 118 cm³/mol. The SMILES string of the molecule is O=C(Nc1ccnn1C1CCN(C(=O)c2ccc3ccccc3c2)CC1)[C@@H]1CCOC1. The molecule has 2 aliphatic rings. The Morgan fingerprint density at radius 2 is 1.81 bits per heavy atom. The molecule has 1 aromatic heterocycles. The van der Waals surface area contributed by atoms with E-state index in [4.69, 9.17) is 4.74 Å². The fourth-order valence-electron chi connectivity index (χ4n) is 4.49. The summed E-state index contributed by atoms with van der Waals surface area (Å²) in [6.07, 6.45) is 4.08. The molecule has 7 heteroatoms. The Bertz CT molecular complexity index is 1090. The number of likely N-dealkylation sites (tertiary alicyclic amines) is 1. The Kier molecular flexibility index (Phi) is 5.42. The molecule has 3 aromatic rings. The van der Waals surface area contributed by atoms with Crippen molar-refractivity contribution in [3.05, 3.63) is 60.3 Å². The summed E-state index contributed by atoms with van der Waals surface area (Å²) >= 11 is 0. The van der Waals surface area contributed by atoms with Crippen LogP contribution in [-0.2, 0) is 9.53 Å². The molecule has 0 spiro atoms. The Hall–Kier alpha value is -3.19. The van der Waals surface area contributed by atoms with Crippen LogP contribution in [0.4, 0.5) is 5.82 Å². The summed E-state index contributed by atoms with van der Waals surface area (Å²) < 4.78 is 7.21. The van der Waals surface area contributed by atoms with E-state index in [2.05, 4.69) is 16.5 Å². The summed E-state index contributed by atoms with van der Waals surface area (Å²) in [6, 6.07) is 15.9. The molecule has 3 heterocycles. The lowest BCUT2D eigenvalue weighted by Gasteiger charge is -2.33. The summed E-state index contributed by atoms with van der Waals surface area (Å²) in [7, 11) is 0. The maximum Gasteiger partial charge on any atom is 0.253 e. The molecule has 0 bridgehead atoms. The highest BCUT2D eigenvalue weighted by Crippen LogP contribution is 2.27. The van der Waals surface area contributed by atoms with Crippen LogP contribution in [0.2, 0.25) is 0 Å². The summed E-state index contributed by atoms with van der Waals surface area (Å²) in [5.41, 5.74) is 0.725. The van der Waals surface area contributed by atoms with Gasteiger partial charge in [0.1, 0.15) is 5.82 Å². The van der Waals surface area contributed by atoms with E-state index < -0.39 is 0 Å². The number of anilines is 1. The van der Waals surface area contributed by atoms with Crippen LogP contribution < -0.4 is 5.32 Å². The molecule has 0 saturated carbocycles. The van der Waals surface area contributed by atoms with E-state index in [0.29, 0.717) is 26.3 Å². The normalized spacial score (nSPS) is 19.6. The summed E-state index contributed by atoms with van der Waals surface area (Å²) in [6.45, 7) is 2.45. The number of aromatic nitrogens is 2. The second-order valence-electron chi connectivity index (χ2n) is 8.30. The van der Waals surface area contributed by atoms with Crippen LogP contribution in [0.5, 0.6) is 0 Å². The van der Waals surface area contributed by atoms with Crippen molar-refractivity contribution in [2.75, 3.05) is 31.6 Å². The van der Waals surface area contributed by atoms with Gasteiger partial charge in [-0.2, -0.15) is 5.10 Å². The van der Waals surface area contributed by atoms with E-state index in [-0.39, 0.29) is 23.8 Å². The first kappa shape index (κ1) is 19.8. The van der Waals surface area contributed by atoms with Crippen LogP contribution >= 0.6 is 0 Å². The van der Waals surface area contributed by atoms with Gasteiger partial charge in [-0.15, -0.1) is 0 Å². The highest BCUT2D eigenvalue weighted by molar-refractivity contribution is 5.98. The van der Waals surface area contributed by atoms with Gasteiger partial charge in [0, 0.05) is 31.3 Å². The van der Waals surface area contributed by atoms with E-state index >= 15 is 0 Å². The second-order valence-corrected chi connectivity index (χ2v) is 8.30. The van der Waals surface area contributed by atoms with E-state index in [1.165, 1.54) is 0 Å². The third kappa shape index (κ3) is 4.05. The van der Waals surface area contributed by atoms with E-state index in [1.54, 1.807) is 6.20 Å². The Morgan fingerprint density at radius 3 is 2.58 bits per heavy atom. The molecule has 31 heavy (non-hydrogen) atoms. The minimum absolute atomic E-state index is 0.0110. The molecule has 2 saturated heterocycles. The number of benzene rings is 2. The van der Waals surface area contributed by atoms with E-state index in [9.17, 15) is 9.59 Å². The second kappa shape index (κ2) is 8.51. The number of amides is 2. The van der Waals surface area contributed by atoms with Gasteiger partial charge in [0.2, 0.25) is 5.91 Å². The van der Waals surface area contributed by atoms with Crippen molar-refractivity contribution in [1.29, 1.82) is 0 Å². The number of piperidine rings is 1. The molecular weight excluding hydrogens is 392 g/mol. The predicted octanol–water partition coefficient (Wildman–Crippen LogP) is 3.49. The van der Waals surface area contributed by atoms with Crippen LogP contribution in [0.1, 0.15) is 35.7 Å². The fourth-order valence-corrected chi connectivity index (χ4v) is 4.49. The highest BCUT2D eigenvalue weighted by atomic mass is 16.5. The minimum atomic E-state index is -0.0928. The van der Waals surface area contributed by atoms with Crippen molar-refractivity contribution in [1.82, 2.24) is 14.7 Å². The first-order valence-electron chi connectivity index (χ1n) is 10.9. The largest absolute Gasteiger partial charge is 0.381 e.